The van der Waals surface area contributed by atoms with E-state index in [2.05, 4.69) is 10.6 Å². The summed E-state index contributed by atoms with van der Waals surface area (Å²) in [6.45, 7) is 0. The first-order chi connectivity index (χ1) is 15.5. The number of anilines is 1. The van der Waals surface area contributed by atoms with E-state index in [1.165, 1.54) is 24.3 Å². The molecule has 4 nitrogen and oxygen atoms in total. The van der Waals surface area contributed by atoms with Gasteiger partial charge in [-0.25, -0.2) is 13.2 Å². The molecule has 11 heteroatoms. The lowest BCUT2D eigenvalue weighted by Crippen LogP contribution is -2.21. The Balaban J connectivity index is 1.76. The van der Waals surface area contributed by atoms with Crippen LogP contribution >= 0.6 is 11.6 Å². The molecule has 3 aromatic rings. The highest BCUT2D eigenvalue weighted by molar-refractivity contribution is 6.31. The lowest BCUT2D eigenvalue weighted by molar-refractivity contribution is -0.140. The molecule has 0 saturated heterocycles. The number of fused-ring (bicyclic) bond motifs is 1. The Morgan fingerprint density at radius 2 is 1.76 bits per heavy atom. The highest BCUT2D eigenvalue weighted by Crippen LogP contribution is 2.39. The van der Waals surface area contributed by atoms with Crippen LogP contribution in [-0.4, -0.2) is 11.8 Å². The summed E-state index contributed by atoms with van der Waals surface area (Å²) < 4.78 is 80.2. The predicted octanol–water partition coefficient (Wildman–Crippen LogP) is 5.86. The average molecular weight is 485 g/mol. The Kier molecular flexibility index (Phi) is 5.57. The van der Waals surface area contributed by atoms with Crippen LogP contribution in [0.15, 0.2) is 48.5 Å². The van der Waals surface area contributed by atoms with Gasteiger partial charge in [-0.15, -0.1) is 0 Å². The zero-order valence-electron chi connectivity index (χ0n) is 16.2. The molecule has 33 heavy (non-hydrogen) atoms. The molecular weight excluding hydrogens is 474 g/mol. The highest BCUT2D eigenvalue weighted by Gasteiger charge is 2.37. The van der Waals surface area contributed by atoms with Gasteiger partial charge < -0.3 is 10.6 Å². The van der Waals surface area contributed by atoms with E-state index in [4.69, 9.17) is 11.6 Å². The number of rotatable bonds is 3. The third kappa shape index (κ3) is 4.13. The number of carbonyl (C=O) groups is 2. The molecule has 1 atom stereocenters. The zero-order chi connectivity index (χ0) is 24.1. The van der Waals surface area contributed by atoms with Gasteiger partial charge in [0.15, 0.2) is 11.6 Å². The van der Waals surface area contributed by atoms with E-state index in [0.717, 1.165) is 12.1 Å². The van der Waals surface area contributed by atoms with Crippen molar-refractivity contribution in [3.63, 3.8) is 0 Å². The van der Waals surface area contributed by atoms with Crippen molar-refractivity contribution in [3.05, 3.63) is 98.8 Å². The number of benzene rings is 3. The van der Waals surface area contributed by atoms with Gasteiger partial charge in [-0.3, -0.25) is 9.59 Å². The molecule has 1 heterocycles. The van der Waals surface area contributed by atoms with Gasteiger partial charge in [0.05, 0.1) is 11.6 Å². The first kappa shape index (κ1) is 22.7. The number of alkyl halides is 3. The first-order valence-electron chi connectivity index (χ1n) is 9.23. The van der Waals surface area contributed by atoms with Gasteiger partial charge in [0, 0.05) is 33.0 Å². The van der Waals surface area contributed by atoms with Crippen molar-refractivity contribution in [2.24, 2.45) is 0 Å². The minimum absolute atomic E-state index is 0.0144. The fourth-order valence-corrected chi connectivity index (χ4v) is 3.78. The van der Waals surface area contributed by atoms with E-state index in [9.17, 15) is 35.9 Å². The maximum atomic E-state index is 13.8. The summed E-state index contributed by atoms with van der Waals surface area (Å²) in [6.07, 6.45) is -5.23. The van der Waals surface area contributed by atoms with Crippen LogP contribution in [0.1, 0.15) is 43.4 Å². The maximum absolute atomic E-state index is 13.8. The van der Waals surface area contributed by atoms with Crippen molar-refractivity contribution < 1.29 is 35.9 Å². The minimum atomic E-state index is -5.23. The molecule has 1 aliphatic heterocycles. The molecule has 1 unspecified atom stereocenters. The Bertz CT molecular complexity index is 1310. The van der Waals surface area contributed by atoms with E-state index in [-0.39, 0.29) is 33.5 Å². The van der Waals surface area contributed by atoms with Gasteiger partial charge in [-0.05, 0) is 42.5 Å². The van der Waals surface area contributed by atoms with Crippen LogP contribution in [0, 0.1) is 17.5 Å². The van der Waals surface area contributed by atoms with Crippen molar-refractivity contribution in [1.29, 1.82) is 0 Å². The second-order valence-corrected chi connectivity index (χ2v) is 7.52. The third-order valence-electron chi connectivity index (χ3n) is 5.03. The summed E-state index contributed by atoms with van der Waals surface area (Å²) in [7, 11) is 0. The molecule has 3 aromatic carbocycles. The van der Waals surface area contributed by atoms with E-state index >= 15 is 0 Å². The molecule has 0 saturated carbocycles. The Labute approximate surface area is 187 Å². The van der Waals surface area contributed by atoms with Crippen LogP contribution in [0.5, 0.6) is 0 Å². The molecular formula is C22H11ClF6N2O2. The van der Waals surface area contributed by atoms with Crippen LogP contribution in [0.2, 0.25) is 5.02 Å². The van der Waals surface area contributed by atoms with Gasteiger partial charge >= 0.3 is 6.18 Å². The monoisotopic (exact) mass is 484 g/mol. The average Bonchev–Trinajstić information content (AvgIpc) is 3.08. The quantitative estimate of drug-likeness (QED) is 0.457. The first-order valence-corrected chi connectivity index (χ1v) is 9.61. The topological polar surface area (TPSA) is 58.2 Å². The molecule has 1 aliphatic rings. The third-order valence-corrected chi connectivity index (χ3v) is 5.37. The number of hydrogen-bond donors (Lipinski definition) is 2. The van der Waals surface area contributed by atoms with Crippen molar-refractivity contribution in [2.75, 3.05) is 5.32 Å². The molecule has 0 fully saturated rings. The normalized spacial score (nSPS) is 15.2. The Morgan fingerprint density at radius 1 is 1.03 bits per heavy atom. The standard InChI is InChI=1S/C22H11ClF6N2O2/c23-14-5-4-10(24)8-12(14)19-17-11(21(33)31-19)2-1-3-16(17)30-20(32)9-6-13(22(27,28)29)18(26)15(25)7-9/h1-8,19H,(H,30,32)(H,31,33). The maximum Gasteiger partial charge on any atom is 0.419 e. The zero-order valence-corrected chi connectivity index (χ0v) is 16.9. The number of carbonyl (C=O) groups excluding carboxylic acids is 2. The summed E-state index contributed by atoms with van der Waals surface area (Å²) in [4.78, 5) is 25.1. The molecule has 2 amide bonds. The van der Waals surface area contributed by atoms with Gasteiger partial charge in [0.1, 0.15) is 5.82 Å². The molecule has 0 aliphatic carbocycles. The molecule has 0 spiro atoms. The van der Waals surface area contributed by atoms with Crippen LogP contribution < -0.4 is 10.6 Å². The molecule has 170 valence electrons. The predicted molar refractivity (Wildman–Crippen MR) is 106 cm³/mol. The summed E-state index contributed by atoms with van der Waals surface area (Å²) in [5.74, 6) is -6.36. The van der Waals surface area contributed by atoms with Crippen LogP contribution in [0.4, 0.5) is 32.0 Å². The Morgan fingerprint density at radius 3 is 2.45 bits per heavy atom. The SMILES string of the molecule is O=C(Nc1cccc2c1C(c1cc(F)ccc1Cl)NC2=O)c1cc(F)c(F)c(C(F)(F)F)c1. The van der Waals surface area contributed by atoms with Gasteiger partial charge in [-0.1, -0.05) is 17.7 Å². The molecule has 0 bridgehead atoms. The van der Waals surface area contributed by atoms with Crippen LogP contribution in [-0.2, 0) is 6.18 Å². The van der Waals surface area contributed by atoms with E-state index in [0.29, 0.717) is 6.07 Å². The highest BCUT2D eigenvalue weighted by atomic mass is 35.5. The van der Waals surface area contributed by atoms with Crippen LogP contribution in [0.3, 0.4) is 0 Å². The lowest BCUT2D eigenvalue weighted by Gasteiger charge is -2.18. The number of amides is 2. The Hall–Kier alpha value is -3.53. The van der Waals surface area contributed by atoms with E-state index in [1.54, 1.807) is 0 Å². The minimum Gasteiger partial charge on any atom is -0.341 e. The number of hydrogen-bond acceptors (Lipinski definition) is 2. The van der Waals surface area contributed by atoms with Gasteiger partial charge in [-0.2, -0.15) is 13.2 Å². The fourth-order valence-electron chi connectivity index (χ4n) is 3.55. The summed E-state index contributed by atoms with van der Waals surface area (Å²) in [6, 6.07) is 7.17. The molecule has 0 radical (unpaired) electrons. The second-order valence-electron chi connectivity index (χ2n) is 7.11. The summed E-state index contributed by atoms with van der Waals surface area (Å²) in [5, 5.41) is 5.03. The molecule has 4 rings (SSSR count). The van der Waals surface area contributed by atoms with Gasteiger partial charge in [0.25, 0.3) is 11.8 Å². The summed E-state index contributed by atoms with van der Waals surface area (Å²) >= 11 is 6.15. The second kappa shape index (κ2) is 8.11. The van der Waals surface area contributed by atoms with E-state index in [1.807, 2.05) is 0 Å². The smallest absolute Gasteiger partial charge is 0.341 e. The fraction of sp³-hybridized carbons (Fsp3) is 0.0909. The van der Waals surface area contributed by atoms with Gasteiger partial charge in [0.2, 0.25) is 0 Å². The number of halogens is 7. The van der Waals surface area contributed by atoms with Crippen molar-refractivity contribution in [1.82, 2.24) is 5.32 Å². The van der Waals surface area contributed by atoms with Crippen molar-refractivity contribution in [2.45, 2.75) is 12.2 Å². The summed E-state index contributed by atoms with van der Waals surface area (Å²) in [5.41, 5.74) is -2.28. The van der Waals surface area contributed by atoms with E-state index < -0.39 is 52.6 Å². The molecule has 0 aromatic heterocycles. The van der Waals surface area contributed by atoms with Crippen LogP contribution in [0.25, 0.3) is 0 Å². The largest absolute Gasteiger partial charge is 0.419 e. The number of nitrogens with one attached hydrogen (secondary N) is 2. The molecule has 2 N–H and O–H groups in total. The van der Waals surface area contributed by atoms with Crippen molar-refractivity contribution >= 4 is 29.1 Å². The van der Waals surface area contributed by atoms with Crippen molar-refractivity contribution in [3.8, 4) is 0 Å². The lowest BCUT2D eigenvalue weighted by atomic mass is 9.96.